The molecule has 1 N–H and O–H groups in total. The van der Waals surface area contributed by atoms with Crippen molar-refractivity contribution >= 4 is 17.4 Å². The number of ether oxygens (including phenoxy) is 1. The molecule has 0 saturated heterocycles. The van der Waals surface area contributed by atoms with E-state index in [0.29, 0.717) is 11.3 Å². The van der Waals surface area contributed by atoms with Crippen LogP contribution in [0.15, 0.2) is 60.9 Å². The maximum Gasteiger partial charge on any atom is 0.416 e. The number of halogens is 3. The van der Waals surface area contributed by atoms with Crippen LogP contribution in [0.2, 0.25) is 0 Å². The predicted octanol–water partition coefficient (Wildman–Crippen LogP) is 4.11. The van der Waals surface area contributed by atoms with Gasteiger partial charge in [-0.05, 0) is 55.5 Å². The van der Waals surface area contributed by atoms with E-state index >= 15 is 0 Å². The van der Waals surface area contributed by atoms with E-state index in [-0.39, 0.29) is 17.2 Å². The third-order valence-corrected chi connectivity index (χ3v) is 3.98. The monoisotopic (exact) mass is 403 g/mol. The van der Waals surface area contributed by atoms with Gasteiger partial charge in [0.2, 0.25) is 0 Å². The van der Waals surface area contributed by atoms with Gasteiger partial charge in [-0.2, -0.15) is 18.3 Å². The van der Waals surface area contributed by atoms with Crippen molar-refractivity contribution in [3.63, 3.8) is 0 Å². The van der Waals surface area contributed by atoms with Crippen LogP contribution in [-0.2, 0) is 11.0 Å². The van der Waals surface area contributed by atoms with Crippen LogP contribution in [0.1, 0.15) is 22.8 Å². The van der Waals surface area contributed by atoms with Crippen LogP contribution in [0.3, 0.4) is 0 Å². The first-order chi connectivity index (χ1) is 13.7. The molecule has 0 aliphatic heterocycles. The summed E-state index contributed by atoms with van der Waals surface area (Å²) in [6.45, 7) is 1.00. The maximum absolute atomic E-state index is 13.1. The number of anilines is 1. The molecule has 3 aromatic rings. The molecular weight excluding hydrogens is 387 g/mol. The molecule has 150 valence electrons. The number of aromatic nitrogens is 2. The molecule has 1 heterocycles. The van der Waals surface area contributed by atoms with Gasteiger partial charge in [0.25, 0.3) is 5.91 Å². The van der Waals surface area contributed by atoms with Gasteiger partial charge in [-0.25, -0.2) is 4.68 Å². The molecule has 9 heteroatoms. The summed E-state index contributed by atoms with van der Waals surface area (Å²) < 4.78 is 45.8. The molecular formula is C20H16F3N3O3. The Morgan fingerprint density at radius 1 is 1.14 bits per heavy atom. The van der Waals surface area contributed by atoms with Gasteiger partial charge in [0.1, 0.15) is 5.75 Å². The molecule has 0 saturated carbocycles. The third kappa shape index (κ3) is 5.01. The van der Waals surface area contributed by atoms with E-state index in [4.69, 9.17) is 4.74 Å². The average molecular weight is 403 g/mol. The lowest BCUT2D eigenvalue weighted by Gasteiger charge is -2.15. The number of alkyl halides is 3. The SMILES string of the molecule is CC(=O)c1ccc(OCC(=O)Nc2cc(C(F)(F)F)ccc2-n2cccn2)cc1. The number of benzene rings is 2. The zero-order valence-corrected chi connectivity index (χ0v) is 15.2. The molecule has 0 bridgehead atoms. The molecule has 0 atom stereocenters. The van der Waals surface area contributed by atoms with E-state index in [0.717, 1.165) is 12.1 Å². The van der Waals surface area contributed by atoms with Crippen molar-refractivity contribution in [2.24, 2.45) is 0 Å². The summed E-state index contributed by atoms with van der Waals surface area (Å²) in [6, 6.07) is 10.8. The van der Waals surface area contributed by atoms with Gasteiger partial charge in [-0.1, -0.05) is 0 Å². The number of carbonyl (C=O) groups excluding carboxylic acids is 2. The molecule has 0 unspecified atom stereocenters. The van der Waals surface area contributed by atoms with Gasteiger partial charge in [-0.3, -0.25) is 9.59 Å². The van der Waals surface area contributed by atoms with Crippen LogP contribution < -0.4 is 10.1 Å². The third-order valence-electron chi connectivity index (χ3n) is 3.98. The highest BCUT2D eigenvalue weighted by Gasteiger charge is 2.31. The van der Waals surface area contributed by atoms with Crippen molar-refractivity contribution in [2.45, 2.75) is 13.1 Å². The van der Waals surface area contributed by atoms with Gasteiger partial charge in [0, 0.05) is 18.0 Å². The quantitative estimate of drug-likeness (QED) is 0.629. The second-order valence-electron chi connectivity index (χ2n) is 6.10. The molecule has 1 aromatic heterocycles. The van der Waals surface area contributed by atoms with Crippen LogP contribution in [0.25, 0.3) is 5.69 Å². The first kappa shape index (κ1) is 20.1. The van der Waals surface area contributed by atoms with Crippen LogP contribution >= 0.6 is 0 Å². The maximum atomic E-state index is 13.1. The van der Waals surface area contributed by atoms with Crippen LogP contribution in [0, 0.1) is 0 Å². The summed E-state index contributed by atoms with van der Waals surface area (Å²) in [7, 11) is 0. The van der Waals surface area contributed by atoms with Crippen molar-refractivity contribution in [1.82, 2.24) is 9.78 Å². The Balaban J connectivity index is 1.75. The number of nitrogens with zero attached hydrogens (tertiary/aromatic N) is 2. The van der Waals surface area contributed by atoms with E-state index in [1.165, 1.54) is 36.0 Å². The Labute approximate surface area is 163 Å². The zero-order valence-electron chi connectivity index (χ0n) is 15.2. The van der Waals surface area contributed by atoms with Gasteiger partial charge in [-0.15, -0.1) is 0 Å². The molecule has 0 spiro atoms. The number of amides is 1. The highest BCUT2D eigenvalue weighted by Crippen LogP contribution is 2.33. The summed E-state index contributed by atoms with van der Waals surface area (Å²) in [5, 5.41) is 6.42. The molecule has 2 aromatic carbocycles. The van der Waals surface area contributed by atoms with Crippen molar-refractivity contribution in [3.05, 3.63) is 72.1 Å². The molecule has 0 aliphatic carbocycles. The minimum Gasteiger partial charge on any atom is -0.484 e. The van der Waals surface area contributed by atoms with Gasteiger partial charge >= 0.3 is 6.18 Å². The lowest BCUT2D eigenvalue weighted by molar-refractivity contribution is -0.137. The molecule has 3 rings (SSSR count). The van der Waals surface area contributed by atoms with E-state index in [1.807, 2.05) is 0 Å². The lowest BCUT2D eigenvalue weighted by atomic mass is 10.1. The fourth-order valence-electron chi connectivity index (χ4n) is 2.54. The number of rotatable bonds is 6. The Morgan fingerprint density at radius 2 is 1.86 bits per heavy atom. The number of hydrogen-bond acceptors (Lipinski definition) is 4. The van der Waals surface area contributed by atoms with Crippen LogP contribution in [-0.4, -0.2) is 28.1 Å². The Kier molecular flexibility index (Phi) is 5.67. The van der Waals surface area contributed by atoms with Gasteiger partial charge in [0.05, 0.1) is 16.9 Å². The second kappa shape index (κ2) is 8.17. The second-order valence-corrected chi connectivity index (χ2v) is 6.10. The summed E-state index contributed by atoms with van der Waals surface area (Å²) in [6.07, 6.45) is -1.54. The number of carbonyl (C=O) groups is 2. The topological polar surface area (TPSA) is 73.2 Å². The fraction of sp³-hybridized carbons (Fsp3) is 0.150. The molecule has 0 aliphatic rings. The lowest BCUT2D eigenvalue weighted by Crippen LogP contribution is -2.21. The van der Waals surface area contributed by atoms with E-state index in [9.17, 15) is 22.8 Å². The van der Waals surface area contributed by atoms with Crippen LogP contribution in [0.5, 0.6) is 5.75 Å². The van der Waals surface area contributed by atoms with Crippen molar-refractivity contribution < 1.29 is 27.5 Å². The van der Waals surface area contributed by atoms with E-state index in [2.05, 4.69) is 10.4 Å². The molecule has 6 nitrogen and oxygen atoms in total. The summed E-state index contributed by atoms with van der Waals surface area (Å²) in [5.41, 5.74) is -0.176. The van der Waals surface area contributed by atoms with Gasteiger partial charge < -0.3 is 10.1 Å². The molecule has 1 amide bonds. The Hall–Kier alpha value is -3.62. The normalized spacial score (nSPS) is 11.2. The minimum atomic E-state index is -4.56. The average Bonchev–Trinajstić information content (AvgIpc) is 3.20. The zero-order chi connectivity index (χ0) is 21.0. The number of ketones is 1. The van der Waals surface area contributed by atoms with Crippen molar-refractivity contribution in [2.75, 3.05) is 11.9 Å². The first-order valence-corrected chi connectivity index (χ1v) is 8.49. The summed E-state index contributed by atoms with van der Waals surface area (Å²) in [5.74, 6) is -0.403. The van der Waals surface area contributed by atoms with E-state index in [1.54, 1.807) is 24.4 Å². The molecule has 29 heavy (non-hydrogen) atoms. The number of nitrogens with one attached hydrogen (secondary N) is 1. The molecule has 0 fully saturated rings. The number of hydrogen-bond donors (Lipinski definition) is 1. The first-order valence-electron chi connectivity index (χ1n) is 8.49. The van der Waals surface area contributed by atoms with E-state index < -0.39 is 24.3 Å². The summed E-state index contributed by atoms with van der Waals surface area (Å²) >= 11 is 0. The fourth-order valence-corrected chi connectivity index (χ4v) is 2.54. The molecule has 0 radical (unpaired) electrons. The Morgan fingerprint density at radius 3 is 2.45 bits per heavy atom. The highest BCUT2D eigenvalue weighted by atomic mass is 19.4. The number of Topliss-reactive ketones (excluding diaryl/α,β-unsaturated/α-hetero) is 1. The highest BCUT2D eigenvalue weighted by molar-refractivity contribution is 5.95. The standard InChI is InChI=1S/C20H16F3N3O3/c1-13(27)14-3-6-16(7-4-14)29-12-19(28)25-17-11-15(20(21,22)23)5-8-18(17)26-10-2-9-24-26/h2-11H,12H2,1H3,(H,25,28). The van der Waals surface area contributed by atoms with Crippen LogP contribution in [0.4, 0.5) is 18.9 Å². The van der Waals surface area contributed by atoms with Crippen molar-refractivity contribution in [3.8, 4) is 11.4 Å². The Bertz CT molecular complexity index is 1010. The smallest absolute Gasteiger partial charge is 0.416 e. The van der Waals surface area contributed by atoms with Gasteiger partial charge in [0.15, 0.2) is 12.4 Å². The minimum absolute atomic E-state index is 0.0518. The largest absolute Gasteiger partial charge is 0.484 e. The predicted molar refractivity (Wildman–Crippen MR) is 99.1 cm³/mol. The summed E-state index contributed by atoms with van der Waals surface area (Å²) in [4.78, 5) is 23.5. The van der Waals surface area contributed by atoms with Crippen molar-refractivity contribution in [1.29, 1.82) is 0 Å².